The van der Waals surface area contributed by atoms with Crippen molar-refractivity contribution in [3.8, 4) is 16.8 Å². The molecule has 8 aromatic rings. The molecule has 1 fully saturated rings. The number of rotatable bonds is 6. The van der Waals surface area contributed by atoms with Gasteiger partial charge in [-0.25, -0.2) is 10.0 Å². The van der Waals surface area contributed by atoms with Crippen LogP contribution in [0.15, 0.2) is 158 Å². The van der Waals surface area contributed by atoms with Crippen LogP contribution in [0.3, 0.4) is 0 Å². The second-order valence-corrected chi connectivity index (χ2v) is 14.2. The van der Waals surface area contributed by atoms with E-state index in [1.807, 2.05) is 0 Å². The van der Waals surface area contributed by atoms with Gasteiger partial charge < -0.3 is 4.57 Å². The molecule has 49 heavy (non-hydrogen) atoms. The Balaban J connectivity index is 1.14. The van der Waals surface area contributed by atoms with E-state index in [9.17, 15) is 0 Å². The van der Waals surface area contributed by atoms with E-state index in [0.29, 0.717) is 0 Å². The average Bonchev–Trinajstić information content (AvgIpc) is 3.59. The van der Waals surface area contributed by atoms with Crippen LogP contribution in [0.4, 0.5) is 0 Å². The molecule has 3 nitrogen and oxygen atoms in total. The van der Waals surface area contributed by atoms with Crippen molar-refractivity contribution in [2.45, 2.75) is 38.5 Å². The quantitative estimate of drug-likeness (QED) is 0.169. The van der Waals surface area contributed by atoms with Crippen molar-refractivity contribution in [1.82, 2.24) is 14.6 Å². The van der Waals surface area contributed by atoms with E-state index < -0.39 is 0 Å². The number of hydrogen-bond donors (Lipinski definition) is 0. The predicted molar refractivity (Wildman–Crippen MR) is 203 cm³/mol. The molecule has 1 aliphatic carbocycles. The van der Waals surface area contributed by atoms with E-state index in [1.165, 1.54) is 77.2 Å². The van der Waals surface area contributed by atoms with E-state index in [-0.39, 0.29) is 11.6 Å². The summed E-state index contributed by atoms with van der Waals surface area (Å²) in [4.78, 5) is 0. The van der Waals surface area contributed by atoms with Gasteiger partial charge in [0.1, 0.15) is 6.17 Å². The zero-order chi connectivity index (χ0) is 32.7. The monoisotopic (exact) mass is 631 g/mol. The minimum Gasteiger partial charge on any atom is -0.309 e. The van der Waals surface area contributed by atoms with Crippen LogP contribution in [0.2, 0.25) is 0 Å². The maximum Gasteiger partial charge on any atom is 0.116 e. The Bertz CT molecular complexity index is 2480. The fourth-order valence-electron chi connectivity index (χ4n) is 8.74. The van der Waals surface area contributed by atoms with Crippen LogP contribution in [0.5, 0.6) is 0 Å². The molecular weight excluding hydrogens is 595 g/mol. The second kappa shape index (κ2) is 10.8. The number of fused-ring (bicyclic) bond motifs is 10. The molecule has 1 aliphatic heterocycles. The molecule has 2 heterocycles. The standard InChI is InChI=1S/C46H37N3/c1-46(2)39-23-13-11-21-37(39)41-35-19-9-10-20-36(35)42-38-22-12-14-24-40(38)49(44(42)43(41)46)34-27-25-33(26-28-34)45-47(29-31-15-5-3-6-16-31)48(45)30-32-17-7-4-8-18-32/h3-28,45H,29-30H2,1-2H3/t45?,47-,48+. The molecule has 7 aromatic carbocycles. The highest BCUT2D eigenvalue weighted by Crippen LogP contribution is 2.56. The lowest BCUT2D eigenvalue weighted by Gasteiger charge is -2.24. The molecule has 0 N–H and O–H groups in total. The number of aromatic nitrogens is 1. The smallest absolute Gasteiger partial charge is 0.116 e. The molecule has 10 rings (SSSR count). The van der Waals surface area contributed by atoms with Crippen molar-refractivity contribution in [3.05, 3.63) is 186 Å². The Kier molecular flexibility index (Phi) is 6.27. The normalized spacial score (nSPS) is 18.9. The fraction of sp³-hybridized carbons (Fsp3) is 0.130. The van der Waals surface area contributed by atoms with Gasteiger partial charge in [0.15, 0.2) is 0 Å². The van der Waals surface area contributed by atoms with Crippen molar-refractivity contribution in [3.63, 3.8) is 0 Å². The number of hydrogen-bond acceptors (Lipinski definition) is 2. The summed E-state index contributed by atoms with van der Waals surface area (Å²) >= 11 is 0. The van der Waals surface area contributed by atoms with Crippen molar-refractivity contribution in [1.29, 1.82) is 0 Å². The zero-order valence-corrected chi connectivity index (χ0v) is 27.8. The van der Waals surface area contributed by atoms with Gasteiger partial charge in [-0.3, -0.25) is 0 Å². The topological polar surface area (TPSA) is 10.9 Å². The minimum atomic E-state index is -0.149. The molecule has 0 bridgehead atoms. The minimum absolute atomic E-state index is 0.149. The highest BCUT2D eigenvalue weighted by atomic mass is 15.9. The average molecular weight is 632 g/mol. The summed E-state index contributed by atoms with van der Waals surface area (Å²) in [7, 11) is 0. The van der Waals surface area contributed by atoms with Crippen LogP contribution >= 0.6 is 0 Å². The molecule has 1 unspecified atom stereocenters. The zero-order valence-electron chi connectivity index (χ0n) is 27.8. The van der Waals surface area contributed by atoms with Crippen molar-refractivity contribution >= 4 is 32.6 Å². The SMILES string of the molecule is CC1(C)c2ccccc2-c2c1c1c(c3ccccc23)c2ccccc2n1-c1ccc(C2[N@@](Cc3ccccc3)[N@@]2Cc2ccccc2)cc1. The lowest BCUT2D eigenvalue weighted by molar-refractivity contribution is 0.293. The maximum atomic E-state index is 2.55. The summed E-state index contributed by atoms with van der Waals surface area (Å²) in [6.07, 6.45) is 0.231. The predicted octanol–water partition coefficient (Wildman–Crippen LogP) is 11.2. The van der Waals surface area contributed by atoms with Crippen molar-refractivity contribution in [2.24, 2.45) is 0 Å². The van der Waals surface area contributed by atoms with Gasteiger partial charge in [-0.2, -0.15) is 0 Å². The largest absolute Gasteiger partial charge is 0.309 e. The second-order valence-electron chi connectivity index (χ2n) is 14.2. The van der Waals surface area contributed by atoms with E-state index in [4.69, 9.17) is 0 Å². The Morgan fingerprint density at radius 2 is 1.08 bits per heavy atom. The summed E-state index contributed by atoms with van der Waals surface area (Å²) in [5.74, 6) is 0. The van der Waals surface area contributed by atoms with Gasteiger partial charge in [0.25, 0.3) is 0 Å². The summed E-state index contributed by atoms with van der Waals surface area (Å²) < 4.78 is 2.55. The number of nitrogens with zero attached hydrogens (tertiary/aromatic N) is 3. The van der Waals surface area contributed by atoms with Crippen LogP contribution in [0, 0.1) is 0 Å². The van der Waals surface area contributed by atoms with Gasteiger partial charge in [-0.1, -0.05) is 153 Å². The number of hydrazine groups is 1. The van der Waals surface area contributed by atoms with Crippen LogP contribution < -0.4 is 0 Å². The lowest BCUT2D eigenvalue weighted by atomic mass is 9.80. The third kappa shape index (κ3) is 4.29. The van der Waals surface area contributed by atoms with Gasteiger partial charge in [-0.05, 0) is 67.9 Å². The Labute approximate surface area is 287 Å². The highest BCUT2D eigenvalue weighted by molar-refractivity contribution is 6.26. The summed E-state index contributed by atoms with van der Waals surface area (Å²) in [5.41, 5.74) is 13.2. The number of para-hydroxylation sites is 1. The van der Waals surface area contributed by atoms with Crippen LogP contribution in [-0.2, 0) is 18.5 Å². The maximum absolute atomic E-state index is 2.55. The van der Waals surface area contributed by atoms with E-state index in [0.717, 1.165) is 13.1 Å². The van der Waals surface area contributed by atoms with Gasteiger partial charge in [0.2, 0.25) is 0 Å². The fourth-order valence-corrected chi connectivity index (χ4v) is 8.74. The molecule has 0 amide bonds. The van der Waals surface area contributed by atoms with Crippen LogP contribution in [0.25, 0.3) is 49.4 Å². The van der Waals surface area contributed by atoms with Crippen LogP contribution in [-0.4, -0.2) is 14.6 Å². The molecule has 0 radical (unpaired) electrons. The molecule has 1 aromatic heterocycles. The summed E-state index contributed by atoms with van der Waals surface area (Å²) in [6.45, 7) is 6.60. The molecular formula is C46H37N3. The molecule has 0 spiro atoms. The van der Waals surface area contributed by atoms with E-state index in [1.54, 1.807) is 0 Å². The first-order valence-corrected chi connectivity index (χ1v) is 17.4. The third-order valence-corrected chi connectivity index (χ3v) is 11.0. The van der Waals surface area contributed by atoms with Crippen LogP contribution in [0.1, 0.15) is 47.8 Å². The van der Waals surface area contributed by atoms with Gasteiger partial charge in [0, 0.05) is 35.0 Å². The molecule has 3 atom stereocenters. The first-order chi connectivity index (χ1) is 24.1. The van der Waals surface area contributed by atoms with E-state index in [2.05, 4.69) is 186 Å². The lowest BCUT2D eigenvalue weighted by Crippen LogP contribution is -2.16. The Morgan fingerprint density at radius 3 is 1.76 bits per heavy atom. The van der Waals surface area contributed by atoms with Gasteiger partial charge >= 0.3 is 0 Å². The molecule has 1 saturated heterocycles. The first kappa shape index (κ1) is 28.5. The Morgan fingerprint density at radius 1 is 0.531 bits per heavy atom. The van der Waals surface area contributed by atoms with Gasteiger partial charge in [0.05, 0.1) is 11.0 Å². The molecule has 2 aliphatic rings. The summed E-state index contributed by atoms with van der Waals surface area (Å²) in [5, 5.41) is 10.3. The Hall–Kier alpha value is -5.48. The highest BCUT2D eigenvalue weighted by Gasteiger charge is 2.46. The van der Waals surface area contributed by atoms with Crippen molar-refractivity contribution < 1.29 is 0 Å². The summed E-state index contributed by atoms with van der Waals surface area (Å²) in [6, 6.07) is 58.1. The number of benzene rings is 7. The third-order valence-electron chi connectivity index (χ3n) is 11.0. The van der Waals surface area contributed by atoms with Gasteiger partial charge in [-0.15, -0.1) is 0 Å². The molecule has 3 heteroatoms. The first-order valence-electron chi connectivity index (χ1n) is 17.4. The van der Waals surface area contributed by atoms with Crippen molar-refractivity contribution in [2.75, 3.05) is 0 Å². The molecule has 0 saturated carbocycles. The van der Waals surface area contributed by atoms with E-state index >= 15 is 0 Å². The molecule has 236 valence electrons.